The van der Waals surface area contributed by atoms with Crippen LogP contribution >= 0.6 is 0 Å². The average Bonchev–Trinajstić information content (AvgIpc) is 2.13. The standard InChI is InChI=1S/C6H3F5OSi/c7-1-2(8)4(10)6(12-13)5(11)3(1)9/h13H3. The van der Waals surface area contributed by atoms with Crippen molar-refractivity contribution in [1.29, 1.82) is 0 Å². The first-order valence-electron chi connectivity index (χ1n) is 3.06. The molecule has 0 saturated carbocycles. The van der Waals surface area contributed by atoms with Gasteiger partial charge in [-0.25, -0.2) is 13.2 Å². The molecule has 13 heavy (non-hydrogen) atoms. The minimum atomic E-state index is -2.18. The summed E-state index contributed by atoms with van der Waals surface area (Å²) in [5.74, 6) is -11.3. The Bertz CT molecular complexity index is 324. The number of hydrogen-bond donors (Lipinski definition) is 0. The van der Waals surface area contributed by atoms with Crippen molar-refractivity contribution in [2.45, 2.75) is 0 Å². The molecule has 1 rings (SSSR count). The summed E-state index contributed by atoms with van der Waals surface area (Å²) < 4.78 is 66.4. The SMILES string of the molecule is Fc1c(F)c(F)c(O[SiH3])c(F)c1F. The summed E-state index contributed by atoms with van der Waals surface area (Å²) in [6.45, 7) is 0. The van der Waals surface area contributed by atoms with E-state index in [0.717, 1.165) is 0 Å². The summed E-state index contributed by atoms with van der Waals surface area (Å²) in [7, 11) is -0.168. The average molecular weight is 214 g/mol. The highest BCUT2D eigenvalue weighted by atomic mass is 28.2. The number of halogens is 5. The summed E-state index contributed by atoms with van der Waals surface area (Å²) in [6, 6.07) is 0. The molecule has 0 fully saturated rings. The zero-order chi connectivity index (χ0) is 10.2. The molecule has 0 aromatic heterocycles. The molecule has 0 N–H and O–H groups in total. The molecule has 72 valence electrons. The van der Waals surface area contributed by atoms with E-state index in [4.69, 9.17) is 0 Å². The lowest BCUT2D eigenvalue weighted by Gasteiger charge is -2.06. The van der Waals surface area contributed by atoms with E-state index in [-0.39, 0.29) is 10.5 Å². The van der Waals surface area contributed by atoms with Crippen LogP contribution in [0.25, 0.3) is 0 Å². The van der Waals surface area contributed by atoms with Crippen LogP contribution in [0.4, 0.5) is 22.0 Å². The van der Waals surface area contributed by atoms with Crippen molar-refractivity contribution in [2.75, 3.05) is 0 Å². The first-order valence-corrected chi connectivity index (χ1v) is 3.87. The van der Waals surface area contributed by atoms with Gasteiger partial charge in [-0.1, -0.05) is 0 Å². The molecule has 0 spiro atoms. The van der Waals surface area contributed by atoms with E-state index in [2.05, 4.69) is 4.43 Å². The second-order valence-electron chi connectivity index (χ2n) is 2.10. The van der Waals surface area contributed by atoms with E-state index >= 15 is 0 Å². The van der Waals surface area contributed by atoms with Crippen molar-refractivity contribution >= 4 is 10.5 Å². The maximum atomic E-state index is 12.6. The van der Waals surface area contributed by atoms with Crippen LogP contribution in [0.5, 0.6) is 5.75 Å². The van der Waals surface area contributed by atoms with Crippen LogP contribution in [-0.4, -0.2) is 10.5 Å². The zero-order valence-electron chi connectivity index (χ0n) is 6.30. The van der Waals surface area contributed by atoms with Crippen LogP contribution in [0.1, 0.15) is 0 Å². The van der Waals surface area contributed by atoms with Gasteiger partial charge in [0.05, 0.1) is 0 Å². The van der Waals surface area contributed by atoms with Gasteiger partial charge in [-0.15, -0.1) is 0 Å². The van der Waals surface area contributed by atoms with Gasteiger partial charge in [0.1, 0.15) is 0 Å². The highest BCUT2D eigenvalue weighted by Crippen LogP contribution is 2.28. The molecule has 0 unspecified atom stereocenters. The van der Waals surface area contributed by atoms with Gasteiger partial charge >= 0.3 is 0 Å². The number of hydrogen-bond acceptors (Lipinski definition) is 1. The maximum Gasteiger partial charge on any atom is 0.205 e. The Kier molecular flexibility index (Phi) is 2.55. The predicted molar refractivity (Wildman–Crippen MR) is 36.8 cm³/mol. The van der Waals surface area contributed by atoms with E-state index in [1.165, 1.54) is 0 Å². The fourth-order valence-corrected chi connectivity index (χ4v) is 1.12. The van der Waals surface area contributed by atoms with Crippen molar-refractivity contribution in [3.63, 3.8) is 0 Å². The fraction of sp³-hybridized carbons (Fsp3) is 0. The molecule has 0 heterocycles. The first-order chi connectivity index (χ1) is 6.00. The lowest BCUT2D eigenvalue weighted by Crippen LogP contribution is -2.04. The Morgan fingerprint density at radius 1 is 0.692 bits per heavy atom. The lowest BCUT2D eigenvalue weighted by atomic mass is 10.3. The molecule has 0 atom stereocenters. The third-order valence-electron chi connectivity index (χ3n) is 1.37. The van der Waals surface area contributed by atoms with Gasteiger partial charge in [-0.2, -0.15) is 8.78 Å². The summed E-state index contributed by atoms with van der Waals surface area (Å²) in [5, 5.41) is 0. The topological polar surface area (TPSA) is 9.23 Å². The maximum absolute atomic E-state index is 12.6. The van der Waals surface area contributed by atoms with Crippen LogP contribution in [-0.2, 0) is 0 Å². The van der Waals surface area contributed by atoms with Gasteiger partial charge < -0.3 is 4.43 Å². The lowest BCUT2D eigenvalue weighted by molar-refractivity contribution is 0.352. The summed E-state index contributed by atoms with van der Waals surface area (Å²) >= 11 is 0. The van der Waals surface area contributed by atoms with Crippen molar-refractivity contribution in [1.82, 2.24) is 0 Å². The number of rotatable bonds is 1. The third kappa shape index (κ3) is 1.39. The summed E-state index contributed by atoms with van der Waals surface area (Å²) in [4.78, 5) is 0. The van der Waals surface area contributed by atoms with Crippen LogP contribution in [0.3, 0.4) is 0 Å². The highest BCUT2D eigenvalue weighted by Gasteiger charge is 2.25. The molecule has 0 saturated heterocycles. The Hall–Kier alpha value is -1.11. The second kappa shape index (κ2) is 3.33. The molecule has 0 radical (unpaired) electrons. The molecule has 7 heteroatoms. The van der Waals surface area contributed by atoms with Crippen LogP contribution < -0.4 is 4.43 Å². The molecule has 1 aromatic rings. The molecular formula is C6H3F5OSi. The summed E-state index contributed by atoms with van der Waals surface area (Å²) in [5.41, 5.74) is 0. The predicted octanol–water partition coefficient (Wildman–Crippen LogP) is 1.04. The third-order valence-corrected chi connectivity index (χ3v) is 1.78. The highest BCUT2D eigenvalue weighted by molar-refractivity contribution is 6.00. The van der Waals surface area contributed by atoms with Crippen molar-refractivity contribution in [3.05, 3.63) is 29.1 Å². The minimum Gasteiger partial charge on any atom is -0.549 e. The molecular weight excluding hydrogens is 211 g/mol. The summed E-state index contributed by atoms with van der Waals surface area (Å²) in [6.07, 6.45) is 0. The van der Waals surface area contributed by atoms with Crippen LogP contribution in [0.15, 0.2) is 0 Å². The van der Waals surface area contributed by atoms with Gasteiger partial charge in [0.2, 0.25) is 39.6 Å². The van der Waals surface area contributed by atoms with E-state index in [1.54, 1.807) is 0 Å². The zero-order valence-corrected chi connectivity index (χ0v) is 8.30. The van der Waals surface area contributed by atoms with E-state index in [1.807, 2.05) is 0 Å². The van der Waals surface area contributed by atoms with Crippen molar-refractivity contribution < 1.29 is 26.4 Å². The Morgan fingerprint density at radius 2 is 1.00 bits per heavy atom. The monoisotopic (exact) mass is 214 g/mol. The van der Waals surface area contributed by atoms with Gasteiger partial charge in [0.25, 0.3) is 0 Å². The molecule has 0 amide bonds. The quantitative estimate of drug-likeness (QED) is 0.294. The van der Waals surface area contributed by atoms with Gasteiger partial charge in [0.15, 0.2) is 5.75 Å². The fourth-order valence-electron chi connectivity index (χ4n) is 0.764. The first kappa shape index (κ1) is 9.97. The van der Waals surface area contributed by atoms with E-state index in [0.29, 0.717) is 0 Å². The molecule has 0 aliphatic heterocycles. The normalized spacial score (nSPS) is 10.5. The van der Waals surface area contributed by atoms with Crippen LogP contribution in [0.2, 0.25) is 0 Å². The van der Waals surface area contributed by atoms with Crippen molar-refractivity contribution in [2.24, 2.45) is 0 Å². The molecule has 1 nitrogen and oxygen atoms in total. The van der Waals surface area contributed by atoms with E-state index in [9.17, 15) is 22.0 Å². The van der Waals surface area contributed by atoms with Crippen molar-refractivity contribution in [3.8, 4) is 5.75 Å². The largest absolute Gasteiger partial charge is 0.549 e. The molecule has 0 aliphatic carbocycles. The molecule has 0 aliphatic rings. The second-order valence-corrected chi connectivity index (χ2v) is 2.51. The van der Waals surface area contributed by atoms with E-state index < -0.39 is 34.8 Å². The number of benzene rings is 1. The van der Waals surface area contributed by atoms with Gasteiger partial charge in [0, 0.05) is 0 Å². The minimum absolute atomic E-state index is 0.168. The Balaban J connectivity index is 3.56. The Morgan fingerprint density at radius 3 is 1.31 bits per heavy atom. The molecule has 0 bridgehead atoms. The van der Waals surface area contributed by atoms with Gasteiger partial charge in [-0.3, -0.25) is 0 Å². The molecule has 1 aromatic carbocycles. The Labute approximate surface area is 72.7 Å². The smallest absolute Gasteiger partial charge is 0.205 e. The van der Waals surface area contributed by atoms with Gasteiger partial charge in [-0.05, 0) is 0 Å². The van der Waals surface area contributed by atoms with Crippen LogP contribution in [0, 0.1) is 29.1 Å².